The zero-order valence-electron chi connectivity index (χ0n) is 9.75. The van der Waals surface area contributed by atoms with Gasteiger partial charge in [-0.2, -0.15) is 9.46 Å². The lowest BCUT2D eigenvalue weighted by Crippen LogP contribution is -2.40. The van der Waals surface area contributed by atoms with Crippen LogP contribution in [0.15, 0.2) is 37.4 Å². The summed E-state index contributed by atoms with van der Waals surface area (Å²) in [4.78, 5) is 40.0. The Balaban J connectivity index is 1.81. The van der Waals surface area contributed by atoms with Crippen molar-refractivity contribution in [2.24, 2.45) is 5.73 Å². The fraction of sp³-hybridized carbons (Fsp3) is 0.200. The van der Waals surface area contributed by atoms with E-state index in [9.17, 15) is 9.59 Å². The maximum Gasteiger partial charge on any atom is 0.350 e. The number of aromatic nitrogens is 4. The highest BCUT2D eigenvalue weighted by Crippen LogP contribution is 1.94. The Kier molecular flexibility index (Phi) is 3.88. The fourth-order valence-corrected chi connectivity index (χ4v) is 1.19. The van der Waals surface area contributed by atoms with Gasteiger partial charge in [0.25, 0.3) is 0 Å². The Morgan fingerprint density at radius 3 is 2.21 bits per heavy atom. The standard InChI is InChI=1S/C10H11N5O4/c11-8(10(17)19-15-4-2-13-7-15)5-9(16)18-14-3-1-12-6-14/h1-4,6-8H,5,11H2/t8-/m0/s1. The molecule has 2 rings (SSSR count). The number of imidazole rings is 2. The van der Waals surface area contributed by atoms with Gasteiger partial charge in [0.05, 0.1) is 18.8 Å². The number of carbonyl (C=O) groups excluding carboxylic acids is 2. The van der Waals surface area contributed by atoms with Crippen LogP contribution in [-0.4, -0.2) is 37.4 Å². The summed E-state index contributed by atoms with van der Waals surface area (Å²) in [5.74, 6) is -1.44. The maximum atomic E-state index is 11.5. The Morgan fingerprint density at radius 1 is 1.11 bits per heavy atom. The largest absolute Gasteiger partial charge is 0.350 e. The summed E-state index contributed by atoms with van der Waals surface area (Å²) in [5, 5.41) is 0. The zero-order valence-corrected chi connectivity index (χ0v) is 9.75. The Morgan fingerprint density at radius 2 is 1.68 bits per heavy atom. The van der Waals surface area contributed by atoms with Crippen LogP contribution in [0, 0.1) is 0 Å². The van der Waals surface area contributed by atoms with Crippen molar-refractivity contribution in [2.45, 2.75) is 12.5 Å². The third-order valence-electron chi connectivity index (χ3n) is 2.05. The van der Waals surface area contributed by atoms with Crippen LogP contribution in [0.25, 0.3) is 0 Å². The van der Waals surface area contributed by atoms with Gasteiger partial charge in [0.1, 0.15) is 18.7 Å². The van der Waals surface area contributed by atoms with Crippen molar-refractivity contribution >= 4 is 11.9 Å². The molecule has 0 aromatic carbocycles. The van der Waals surface area contributed by atoms with Crippen LogP contribution in [-0.2, 0) is 9.59 Å². The van der Waals surface area contributed by atoms with E-state index < -0.39 is 18.0 Å². The smallest absolute Gasteiger partial charge is 0.336 e. The lowest BCUT2D eigenvalue weighted by Gasteiger charge is -2.10. The van der Waals surface area contributed by atoms with Crippen molar-refractivity contribution in [3.05, 3.63) is 37.4 Å². The summed E-state index contributed by atoms with van der Waals surface area (Å²) in [5.41, 5.74) is 5.53. The molecule has 1 atom stereocenters. The average Bonchev–Trinajstić information content (AvgIpc) is 3.01. The highest BCUT2D eigenvalue weighted by atomic mass is 16.7. The van der Waals surface area contributed by atoms with E-state index in [1.165, 1.54) is 37.4 Å². The Bertz CT molecular complexity index is 536. The summed E-state index contributed by atoms with van der Waals surface area (Å²) >= 11 is 0. The molecule has 0 amide bonds. The van der Waals surface area contributed by atoms with E-state index in [1.54, 1.807) is 0 Å². The van der Waals surface area contributed by atoms with Crippen molar-refractivity contribution in [3.8, 4) is 0 Å². The van der Waals surface area contributed by atoms with Crippen LogP contribution in [0.3, 0.4) is 0 Å². The van der Waals surface area contributed by atoms with E-state index in [0.29, 0.717) is 0 Å². The molecule has 0 saturated heterocycles. The number of nitrogens with zero attached hydrogens (tertiary/aromatic N) is 4. The van der Waals surface area contributed by atoms with Gasteiger partial charge in [0, 0.05) is 12.4 Å². The predicted octanol–water partition coefficient (Wildman–Crippen LogP) is -1.59. The van der Waals surface area contributed by atoms with Crippen molar-refractivity contribution in [3.63, 3.8) is 0 Å². The van der Waals surface area contributed by atoms with Crippen LogP contribution in [0.4, 0.5) is 0 Å². The molecule has 0 bridgehead atoms. The second-order valence-corrected chi connectivity index (χ2v) is 3.53. The third-order valence-corrected chi connectivity index (χ3v) is 2.05. The lowest BCUT2D eigenvalue weighted by molar-refractivity contribution is -0.152. The van der Waals surface area contributed by atoms with Gasteiger partial charge in [-0.3, -0.25) is 0 Å². The Hall–Kier alpha value is -2.68. The molecule has 100 valence electrons. The summed E-state index contributed by atoms with van der Waals surface area (Å²) in [6.07, 6.45) is 8.02. The maximum absolute atomic E-state index is 11.5. The molecule has 9 nitrogen and oxygen atoms in total. The number of hydrogen-bond donors (Lipinski definition) is 1. The Labute approximate surface area is 107 Å². The SMILES string of the molecule is N[C@@H](CC(=O)On1ccnc1)C(=O)On1ccnc1. The minimum absolute atomic E-state index is 0.314. The molecular weight excluding hydrogens is 254 g/mol. The minimum atomic E-state index is -1.13. The molecule has 0 radical (unpaired) electrons. The summed E-state index contributed by atoms with van der Waals surface area (Å²) in [7, 11) is 0. The van der Waals surface area contributed by atoms with E-state index in [1.807, 2.05) is 0 Å². The second kappa shape index (κ2) is 5.78. The number of carbonyl (C=O) groups is 2. The van der Waals surface area contributed by atoms with E-state index in [4.69, 9.17) is 15.4 Å². The molecular formula is C10H11N5O4. The molecule has 2 aromatic heterocycles. The van der Waals surface area contributed by atoms with Gasteiger partial charge in [0.15, 0.2) is 0 Å². The second-order valence-electron chi connectivity index (χ2n) is 3.53. The average molecular weight is 265 g/mol. The summed E-state index contributed by atoms with van der Waals surface area (Å²) in [6, 6.07) is -1.13. The molecule has 0 aliphatic carbocycles. The normalized spacial score (nSPS) is 11.8. The van der Waals surface area contributed by atoms with Gasteiger partial charge >= 0.3 is 11.9 Å². The molecule has 2 N–H and O–H groups in total. The summed E-state index contributed by atoms with van der Waals surface area (Å²) in [6.45, 7) is 0. The van der Waals surface area contributed by atoms with Crippen molar-refractivity contribution in [2.75, 3.05) is 0 Å². The van der Waals surface area contributed by atoms with Crippen molar-refractivity contribution in [1.82, 2.24) is 19.4 Å². The predicted molar refractivity (Wildman–Crippen MR) is 60.2 cm³/mol. The highest BCUT2D eigenvalue weighted by molar-refractivity contribution is 5.82. The van der Waals surface area contributed by atoms with E-state index in [2.05, 4.69) is 9.97 Å². The molecule has 0 saturated carbocycles. The molecule has 0 aliphatic heterocycles. The molecule has 0 aliphatic rings. The van der Waals surface area contributed by atoms with E-state index in [-0.39, 0.29) is 6.42 Å². The zero-order chi connectivity index (χ0) is 13.7. The first-order valence-corrected chi connectivity index (χ1v) is 5.30. The summed E-state index contributed by atoms with van der Waals surface area (Å²) < 4.78 is 2.19. The fourth-order valence-electron chi connectivity index (χ4n) is 1.19. The van der Waals surface area contributed by atoms with E-state index in [0.717, 1.165) is 9.46 Å². The number of nitrogens with two attached hydrogens (primary N) is 1. The van der Waals surface area contributed by atoms with Gasteiger partial charge in [-0.25, -0.2) is 19.6 Å². The molecule has 9 heteroatoms. The lowest BCUT2D eigenvalue weighted by atomic mass is 10.2. The van der Waals surface area contributed by atoms with Gasteiger partial charge in [-0.1, -0.05) is 0 Å². The van der Waals surface area contributed by atoms with Crippen LogP contribution in [0.5, 0.6) is 0 Å². The quantitative estimate of drug-likeness (QED) is 0.692. The van der Waals surface area contributed by atoms with Gasteiger partial charge in [-0.05, 0) is 0 Å². The minimum Gasteiger partial charge on any atom is -0.336 e. The molecule has 0 fully saturated rings. The number of hydrogen-bond acceptors (Lipinski definition) is 7. The molecule has 0 spiro atoms. The first-order valence-electron chi connectivity index (χ1n) is 5.30. The highest BCUT2D eigenvalue weighted by Gasteiger charge is 2.21. The van der Waals surface area contributed by atoms with Crippen LogP contribution in [0.1, 0.15) is 6.42 Å². The van der Waals surface area contributed by atoms with Crippen molar-refractivity contribution in [1.29, 1.82) is 0 Å². The topological polar surface area (TPSA) is 114 Å². The van der Waals surface area contributed by atoms with Crippen LogP contribution in [0.2, 0.25) is 0 Å². The van der Waals surface area contributed by atoms with Gasteiger partial charge in [-0.15, -0.1) is 0 Å². The molecule has 0 unspecified atom stereocenters. The molecule has 2 aromatic rings. The monoisotopic (exact) mass is 265 g/mol. The molecule has 2 heterocycles. The van der Waals surface area contributed by atoms with E-state index >= 15 is 0 Å². The number of rotatable bonds is 5. The van der Waals surface area contributed by atoms with Gasteiger partial charge < -0.3 is 15.4 Å². The molecule has 19 heavy (non-hydrogen) atoms. The van der Waals surface area contributed by atoms with Crippen LogP contribution < -0.4 is 15.4 Å². The first-order chi connectivity index (χ1) is 9.15. The van der Waals surface area contributed by atoms with Crippen molar-refractivity contribution < 1.29 is 19.3 Å². The third kappa shape index (κ3) is 3.64. The van der Waals surface area contributed by atoms with Gasteiger partial charge in [0.2, 0.25) is 0 Å². The van der Waals surface area contributed by atoms with Crippen LogP contribution >= 0.6 is 0 Å². The first kappa shape index (κ1) is 12.8.